The minimum Gasteiger partial charge on any atom is -0.348 e. The predicted octanol–water partition coefficient (Wildman–Crippen LogP) is 6.73. The second-order valence-electron chi connectivity index (χ2n) is 11.1. The quantitative estimate of drug-likeness (QED) is 0.470. The van der Waals surface area contributed by atoms with E-state index in [2.05, 4.69) is 66.1 Å². The van der Waals surface area contributed by atoms with Crippen LogP contribution in [0, 0.1) is 5.92 Å². The Morgan fingerprint density at radius 1 is 1.06 bits per heavy atom. The first-order valence-electron chi connectivity index (χ1n) is 12.1. The van der Waals surface area contributed by atoms with Crippen LogP contribution in [0.15, 0.2) is 36.1 Å². The number of hydrogen-bond donors (Lipinski definition) is 1. The van der Waals surface area contributed by atoms with E-state index < -0.39 is 0 Å². The topological polar surface area (TPSA) is 44.8 Å². The van der Waals surface area contributed by atoms with Crippen LogP contribution < -0.4 is 4.90 Å². The smallest absolute Gasteiger partial charge is 0.185 e. The minimum atomic E-state index is 0.234. The molecule has 0 bridgehead atoms. The Hall–Kier alpha value is -2.14. The molecule has 2 aromatic heterocycles. The van der Waals surface area contributed by atoms with Crippen molar-refractivity contribution < 1.29 is 0 Å². The molecule has 5 rings (SSSR count). The lowest BCUT2D eigenvalue weighted by Gasteiger charge is -2.42. The van der Waals surface area contributed by atoms with E-state index in [1.807, 2.05) is 6.20 Å². The molecule has 2 aliphatic rings. The summed E-state index contributed by atoms with van der Waals surface area (Å²) in [4.78, 5) is 14.9. The summed E-state index contributed by atoms with van der Waals surface area (Å²) < 4.78 is 0. The maximum absolute atomic E-state index is 5.08. The highest BCUT2D eigenvalue weighted by molar-refractivity contribution is 7.14. The molecule has 4 nitrogen and oxygen atoms in total. The third-order valence-electron chi connectivity index (χ3n) is 7.90. The van der Waals surface area contributed by atoms with E-state index in [9.17, 15) is 0 Å². The Bertz CT molecular complexity index is 1060. The van der Waals surface area contributed by atoms with Crippen LogP contribution in [0.1, 0.15) is 76.6 Å². The van der Waals surface area contributed by atoms with E-state index in [1.54, 1.807) is 17.7 Å². The summed E-state index contributed by atoms with van der Waals surface area (Å²) in [6, 6.07) is 7.09. The van der Waals surface area contributed by atoms with Crippen LogP contribution in [0.4, 0.5) is 5.13 Å². The van der Waals surface area contributed by atoms with Gasteiger partial charge in [-0.3, -0.25) is 0 Å². The standard InChI is InChI=1S/C27H36N4S/c1-26(2)11-12-27(3,4)23-15-20(6-8-22(23)26)24-17-32-25(30-24)31-13-9-19(10-14-31)5-7-21-16-28-18-29-21/h6,8,15-19H,5,7,9-14H2,1-4H3,(H,28,29). The fraction of sp³-hybridized carbons (Fsp3) is 0.556. The number of anilines is 1. The van der Waals surface area contributed by atoms with Crippen molar-refractivity contribution in [3.05, 3.63) is 52.9 Å². The van der Waals surface area contributed by atoms with Gasteiger partial charge in [0.05, 0.1) is 12.0 Å². The summed E-state index contributed by atoms with van der Waals surface area (Å²) in [6.07, 6.45) is 11.1. The molecule has 3 aromatic rings. The van der Waals surface area contributed by atoms with Gasteiger partial charge in [0.1, 0.15) is 0 Å². The molecule has 0 spiro atoms. The van der Waals surface area contributed by atoms with Gasteiger partial charge in [0, 0.05) is 35.9 Å². The van der Waals surface area contributed by atoms with Crippen molar-refractivity contribution >= 4 is 16.5 Å². The normalized spacial score (nSPS) is 20.3. The van der Waals surface area contributed by atoms with Crippen LogP contribution in [0.5, 0.6) is 0 Å². The zero-order chi connectivity index (χ0) is 22.3. The van der Waals surface area contributed by atoms with Crippen LogP contribution in [0.2, 0.25) is 0 Å². The summed E-state index contributed by atoms with van der Waals surface area (Å²) in [5, 5.41) is 3.44. The first-order valence-corrected chi connectivity index (χ1v) is 13.0. The van der Waals surface area contributed by atoms with Gasteiger partial charge in [-0.25, -0.2) is 9.97 Å². The summed E-state index contributed by atoms with van der Waals surface area (Å²) in [5.74, 6) is 0.806. The zero-order valence-electron chi connectivity index (χ0n) is 19.9. The van der Waals surface area contributed by atoms with Gasteiger partial charge in [0.25, 0.3) is 0 Å². The number of fused-ring (bicyclic) bond motifs is 1. The van der Waals surface area contributed by atoms with Crippen LogP contribution >= 0.6 is 11.3 Å². The monoisotopic (exact) mass is 448 g/mol. The van der Waals surface area contributed by atoms with Crippen LogP contribution in [0.25, 0.3) is 11.3 Å². The molecule has 1 aliphatic carbocycles. The largest absolute Gasteiger partial charge is 0.348 e. The average Bonchev–Trinajstić information content (AvgIpc) is 3.48. The number of aromatic amines is 1. The van der Waals surface area contributed by atoms with E-state index in [0.29, 0.717) is 0 Å². The molecule has 5 heteroatoms. The number of H-pyrrole nitrogens is 1. The molecule has 1 aromatic carbocycles. The fourth-order valence-corrected chi connectivity index (χ4v) is 6.37. The molecule has 1 aliphatic heterocycles. The van der Waals surface area contributed by atoms with Gasteiger partial charge in [0.15, 0.2) is 5.13 Å². The molecule has 0 atom stereocenters. The number of aromatic nitrogens is 3. The van der Waals surface area contributed by atoms with Gasteiger partial charge >= 0.3 is 0 Å². The number of benzene rings is 1. The molecule has 3 heterocycles. The Kier molecular flexibility index (Phi) is 5.65. The molecule has 0 radical (unpaired) electrons. The second kappa shape index (κ2) is 8.33. The van der Waals surface area contributed by atoms with E-state index in [0.717, 1.165) is 31.1 Å². The number of imidazole rings is 1. The Morgan fingerprint density at radius 3 is 2.53 bits per heavy atom. The van der Waals surface area contributed by atoms with Crippen molar-refractivity contribution in [3.63, 3.8) is 0 Å². The predicted molar refractivity (Wildman–Crippen MR) is 135 cm³/mol. The third kappa shape index (κ3) is 4.24. The summed E-state index contributed by atoms with van der Waals surface area (Å²) in [7, 11) is 0. The molecule has 1 saturated heterocycles. The van der Waals surface area contributed by atoms with E-state index in [4.69, 9.17) is 4.98 Å². The highest BCUT2D eigenvalue weighted by atomic mass is 32.1. The maximum atomic E-state index is 5.08. The van der Waals surface area contributed by atoms with E-state index in [1.165, 1.54) is 59.6 Å². The molecule has 32 heavy (non-hydrogen) atoms. The molecule has 0 unspecified atom stereocenters. The highest BCUT2D eigenvalue weighted by Crippen LogP contribution is 2.47. The average molecular weight is 449 g/mol. The van der Waals surface area contributed by atoms with Gasteiger partial charge in [-0.2, -0.15) is 0 Å². The number of nitrogens with zero attached hydrogens (tertiary/aromatic N) is 3. The first kappa shape index (κ1) is 21.7. The fourth-order valence-electron chi connectivity index (χ4n) is 5.48. The van der Waals surface area contributed by atoms with Gasteiger partial charge in [-0.15, -0.1) is 11.3 Å². The number of hydrogen-bond acceptors (Lipinski definition) is 4. The lowest BCUT2D eigenvalue weighted by atomic mass is 9.63. The zero-order valence-corrected chi connectivity index (χ0v) is 20.8. The molecule has 0 amide bonds. The number of thiazole rings is 1. The van der Waals surface area contributed by atoms with Crippen molar-refractivity contribution in [1.29, 1.82) is 0 Å². The number of piperidine rings is 1. The maximum Gasteiger partial charge on any atom is 0.185 e. The van der Waals surface area contributed by atoms with E-state index in [-0.39, 0.29) is 10.8 Å². The van der Waals surface area contributed by atoms with Crippen LogP contribution in [-0.4, -0.2) is 28.0 Å². The van der Waals surface area contributed by atoms with Crippen molar-refractivity contribution in [2.45, 2.75) is 77.0 Å². The first-order chi connectivity index (χ1) is 15.3. The van der Waals surface area contributed by atoms with Crippen LogP contribution in [0.3, 0.4) is 0 Å². The third-order valence-corrected chi connectivity index (χ3v) is 8.80. The summed E-state index contributed by atoms with van der Waals surface area (Å²) in [5.41, 5.74) is 7.19. The minimum absolute atomic E-state index is 0.234. The second-order valence-corrected chi connectivity index (χ2v) is 11.9. The Labute approximate surface area is 196 Å². The van der Waals surface area contributed by atoms with Crippen LogP contribution in [-0.2, 0) is 17.3 Å². The SMILES string of the molecule is CC1(C)CCC(C)(C)c2cc(-c3csc(N4CCC(CCc5cnc[nH]5)CC4)n3)ccc21. The van der Waals surface area contributed by atoms with Gasteiger partial charge in [0.2, 0.25) is 0 Å². The van der Waals surface area contributed by atoms with Gasteiger partial charge in [-0.1, -0.05) is 39.8 Å². The van der Waals surface area contributed by atoms with Gasteiger partial charge < -0.3 is 9.88 Å². The van der Waals surface area contributed by atoms with E-state index >= 15 is 0 Å². The van der Waals surface area contributed by atoms with Crippen molar-refractivity contribution in [2.75, 3.05) is 18.0 Å². The molecular formula is C27H36N4S. The molecule has 1 N–H and O–H groups in total. The molecular weight excluding hydrogens is 412 g/mol. The molecule has 170 valence electrons. The summed E-state index contributed by atoms with van der Waals surface area (Å²) >= 11 is 1.80. The van der Waals surface area contributed by atoms with Crippen molar-refractivity contribution in [3.8, 4) is 11.3 Å². The van der Waals surface area contributed by atoms with Gasteiger partial charge in [-0.05, 0) is 72.5 Å². The number of nitrogens with one attached hydrogen (secondary N) is 1. The molecule has 0 saturated carbocycles. The molecule has 1 fully saturated rings. The lowest BCUT2D eigenvalue weighted by molar-refractivity contribution is 0.332. The van der Waals surface area contributed by atoms with Crippen molar-refractivity contribution in [2.24, 2.45) is 5.92 Å². The van der Waals surface area contributed by atoms with Crippen molar-refractivity contribution in [1.82, 2.24) is 15.0 Å². The highest BCUT2D eigenvalue weighted by Gasteiger charge is 2.37. The number of rotatable bonds is 5. The Morgan fingerprint density at radius 2 is 1.81 bits per heavy atom. The Balaban J connectivity index is 1.27. The summed E-state index contributed by atoms with van der Waals surface area (Å²) in [6.45, 7) is 11.8. The lowest BCUT2D eigenvalue weighted by Crippen LogP contribution is -2.34. The number of aryl methyl sites for hydroxylation is 1.